The zero-order chi connectivity index (χ0) is 21.1. The number of thioether (sulfide) groups is 1. The van der Waals surface area contributed by atoms with Crippen molar-refractivity contribution in [1.82, 2.24) is 14.8 Å². The van der Waals surface area contributed by atoms with Crippen LogP contribution in [0.3, 0.4) is 0 Å². The van der Waals surface area contributed by atoms with Crippen molar-refractivity contribution in [2.75, 3.05) is 18.2 Å². The summed E-state index contributed by atoms with van der Waals surface area (Å²) in [6.45, 7) is 2.57. The standard InChI is InChI=1S/C21H19FN4O3S/c1-3-26-20(17-10-13-6-4-9-16(28-2)19(13)29-17)24-25-21(26)30-12-18(27)23-15-8-5-7-14(22)11-15/h4-11H,3,12H2,1-2H3,(H,23,27). The Morgan fingerprint density at radius 3 is 2.83 bits per heavy atom. The predicted octanol–water partition coefficient (Wildman–Crippen LogP) is 4.59. The summed E-state index contributed by atoms with van der Waals surface area (Å²) in [6, 6.07) is 13.3. The van der Waals surface area contributed by atoms with Gasteiger partial charge in [0, 0.05) is 17.6 Å². The number of nitrogens with one attached hydrogen (secondary N) is 1. The van der Waals surface area contributed by atoms with Crippen LogP contribution in [-0.4, -0.2) is 33.5 Å². The summed E-state index contributed by atoms with van der Waals surface area (Å²) in [5, 5.41) is 12.6. The van der Waals surface area contributed by atoms with Gasteiger partial charge in [-0.2, -0.15) is 0 Å². The zero-order valence-electron chi connectivity index (χ0n) is 16.4. The molecule has 0 aliphatic heterocycles. The molecular weight excluding hydrogens is 407 g/mol. The Bertz CT molecular complexity index is 1200. The molecule has 1 amide bonds. The molecule has 0 unspecified atom stereocenters. The molecule has 9 heteroatoms. The van der Waals surface area contributed by atoms with E-state index in [1.165, 1.54) is 23.9 Å². The van der Waals surface area contributed by atoms with E-state index < -0.39 is 5.82 Å². The maximum absolute atomic E-state index is 13.3. The Kier molecular flexibility index (Phi) is 5.71. The number of ether oxygens (including phenoxy) is 1. The largest absolute Gasteiger partial charge is 0.493 e. The molecule has 2 aromatic carbocycles. The number of amides is 1. The second-order valence-corrected chi connectivity index (χ2v) is 7.33. The van der Waals surface area contributed by atoms with Crippen molar-refractivity contribution in [3.63, 3.8) is 0 Å². The Morgan fingerprint density at radius 2 is 2.07 bits per heavy atom. The van der Waals surface area contributed by atoms with Crippen LogP contribution in [0.4, 0.5) is 10.1 Å². The molecule has 154 valence electrons. The molecule has 4 rings (SSSR count). The van der Waals surface area contributed by atoms with E-state index in [9.17, 15) is 9.18 Å². The van der Waals surface area contributed by atoms with E-state index in [2.05, 4.69) is 15.5 Å². The highest BCUT2D eigenvalue weighted by atomic mass is 32.2. The van der Waals surface area contributed by atoms with Gasteiger partial charge in [0.25, 0.3) is 0 Å². The summed E-state index contributed by atoms with van der Waals surface area (Å²) in [7, 11) is 1.59. The molecule has 2 aromatic heterocycles. The number of para-hydroxylation sites is 1. The first-order valence-electron chi connectivity index (χ1n) is 9.27. The molecule has 0 aliphatic carbocycles. The molecule has 0 spiro atoms. The Labute approximate surface area is 176 Å². The van der Waals surface area contributed by atoms with Gasteiger partial charge < -0.3 is 14.5 Å². The summed E-state index contributed by atoms with van der Waals surface area (Å²) in [5.41, 5.74) is 1.05. The summed E-state index contributed by atoms with van der Waals surface area (Å²) >= 11 is 1.25. The van der Waals surface area contributed by atoms with Crippen molar-refractivity contribution >= 4 is 34.3 Å². The molecule has 0 atom stereocenters. The van der Waals surface area contributed by atoms with Crippen molar-refractivity contribution < 1.29 is 18.3 Å². The highest BCUT2D eigenvalue weighted by Gasteiger charge is 2.19. The van der Waals surface area contributed by atoms with E-state index in [1.807, 2.05) is 35.8 Å². The van der Waals surface area contributed by atoms with Crippen molar-refractivity contribution in [1.29, 1.82) is 0 Å². The van der Waals surface area contributed by atoms with Gasteiger partial charge in [-0.1, -0.05) is 30.0 Å². The highest BCUT2D eigenvalue weighted by molar-refractivity contribution is 7.99. The molecule has 0 radical (unpaired) electrons. The number of methoxy groups -OCH3 is 1. The van der Waals surface area contributed by atoms with Crippen LogP contribution in [0, 0.1) is 5.82 Å². The minimum atomic E-state index is -0.404. The fraction of sp³-hybridized carbons (Fsp3) is 0.190. The molecular formula is C21H19FN4O3S. The van der Waals surface area contributed by atoms with E-state index in [0.29, 0.717) is 40.3 Å². The van der Waals surface area contributed by atoms with Crippen LogP contribution in [0.1, 0.15) is 6.92 Å². The van der Waals surface area contributed by atoms with E-state index in [0.717, 1.165) is 5.39 Å². The van der Waals surface area contributed by atoms with Gasteiger partial charge in [-0.3, -0.25) is 9.36 Å². The monoisotopic (exact) mass is 426 g/mol. The van der Waals surface area contributed by atoms with Gasteiger partial charge in [0.15, 0.2) is 22.2 Å². The number of nitrogens with zero attached hydrogens (tertiary/aromatic N) is 3. The van der Waals surface area contributed by atoms with Crippen LogP contribution in [0.5, 0.6) is 5.75 Å². The number of halogens is 1. The van der Waals surface area contributed by atoms with Crippen molar-refractivity contribution in [2.24, 2.45) is 0 Å². The normalized spacial score (nSPS) is 11.0. The molecule has 0 saturated heterocycles. The van der Waals surface area contributed by atoms with Crippen molar-refractivity contribution in [2.45, 2.75) is 18.6 Å². The van der Waals surface area contributed by atoms with Gasteiger partial charge in [-0.15, -0.1) is 10.2 Å². The summed E-state index contributed by atoms with van der Waals surface area (Å²) in [5.74, 6) is 1.24. The van der Waals surface area contributed by atoms with Gasteiger partial charge in [0.05, 0.1) is 12.9 Å². The molecule has 30 heavy (non-hydrogen) atoms. The number of anilines is 1. The number of hydrogen-bond acceptors (Lipinski definition) is 6. The number of fused-ring (bicyclic) bond motifs is 1. The third-order valence-corrected chi connectivity index (χ3v) is 5.39. The lowest BCUT2D eigenvalue weighted by atomic mass is 10.2. The quantitative estimate of drug-likeness (QED) is 0.435. The SMILES string of the molecule is CCn1c(SCC(=O)Nc2cccc(F)c2)nnc1-c1cc2cccc(OC)c2o1. The van der Waals surface area contributed by atoms with Gasteiger partial charge in [0.1, 0.15) is 5.82 Å². The average molecular weight is 426 g/mol. The molecule has 7 nitrogen and oxygen atoms in total. The highest BCUT2D eigenvalue weighted by Crippen LogP contribution is 2.33. The second-order valence-electron chi connectivity index (χ2n) is 6.39. The third kappa shape index (κ3) is 4.02. The fourth-order valence-electron chi connectivity index (χ4n) is 3.06. The van der Waals surface area contributed by atoms with E-state index in [4.69, 9.17) is 9.15 Å². The topological polar surface area (TPSA) is 82.2 Å². The minimum Gasteiger partial charge on any atom is -0.493 e. The van der Waals surface area contributed by atoms with Gasteiger partial charge in [-0.05, 0) is 37.3 Å². The van der Waals surface area contributed by atoms with Gasteiger partial charge in [0.2, 0.25) is 11.7 Å². The van der Waals surface area contributed by atoms with Crippen LogP contribution in [-0.2, 0) is 11.3 Å². The number of carbonyl (C=O) groups excluding carboxylic acids is 1. The van der Waals surface area contributed by atoms with Gasteiger partial charge in [-0.25, -0.2) is 4.39 Å². The third-order valence-electron chi connectivity index (χ3n) is 4.42. The Hall–Kier alpha value is -3.33. The van der Waals surface area contributed by atoms with E-state index in [-0.39, 0.29) is 11.7 Å². The summed E-state index contributed by atoms with van der Waals surface area (Å²) < 4.78 is 26.5. The van der Waals surface area contributed by atoms with E-state index >= 15 is 0 Å². The number of furan rings is 1. The maximum atomic E-state index is 13.3. The molecule has 0 aliphatic rings. The Morgan fingerprint density at radius 1 is 1.23 bits per heavy atom. The molecule has 0 bridgehead atoms. The molecule has 1 N–H and O–H groups in total. The lowest BCUT2D eigenvalue weighted by molar-refractivity contribution is -0.113. The molecule has 4 aromatic rings. The average Bonchev–Trinajstić information content (AvgIpc) is 3.35. The summed E-state index contributed by atoms with van der Waals surface area (Å²) in [6.07, 6.45) is 0. The van der Waals surface area contributed by atoms with Crippen LogP contribution >= 0.6 is 11.8 Å². The summed E-state index contributed by atoms with van der Waals surface area (Å²) in [4.78, 5) is 12.2. The van der Waals surface area contributed by atoms with Gasteiger partial charge >= 0.3 is 0 Å². The lowest BCUT2D eigenvalue weighted by Gasteiger charge is -2.07. The van der Waals surface area contributed by atoms with Crippen LogP contribution in [0.25, 0.3) is 22.6 Å². The number of aromatic nitrogens is 3. The van der Waals surface area contributed by atoms with Crippen LogP contribution < -0.4 is 10.1 Å². The zero-order valence-corrected chi connectivity index (χ0v) is 17.2. The predicted molar refractivity (Wildman–Crippen MR) is 113 cm³/mol. The van der Waals surface area contributed by atoms with E-state index in [1.54, 1.807) is 19.2 Å². The molecule has 2 heterocycles. The number of rotatable bonds is 7. The van der Waals surface area contributed by atoms with Crippen LogP contribution in [0.2, 0.25) is 0 Å². The first-order chi connectivity index (χ1) is 14.6. The smallest absolute Gasteiger partial charge is 0.234 e. The molecule has 0 fully saturated rings. The first-order valence-corrected chi connectivity index (χ1v) is 10.3. The van der Waals surface area contributed by atoms with Crippen molar-refractivity contribution in [3.8, 4) is 17.3 Å². The number of benzene rings is 2. The van der Waals surface area contributed by atoms with Crippen molar-refractivity contribution in [3.05, 3.63) is 54.3 Å². The Balaban J connectivity index is 1.52. The second kappa shape index (κ2) is 8.58. The lowest BCUT2D eigenvalue weighted by Crippen LogP contribution is -2.14. The fourth-order valence-corrected chi connectivity index (χ4v) is 3.87. The first kappa shape index (κ1) is 20.0. The maximum Gasteiger partial charge on any atom is 0.234 e. The number of hydrogen-bond donors (Lipinski definition) is 1. The minimum absolute atomic E-state index is 0.114. The number of carbonyl (C=O) groups is 1. The van der Waals surface area contributed by atoms with Crippen LogP contribution in [0.15, 0.2) is 58.1 Å². The molecule has 0 saturated carbocycles.